The zero-order chi connectivity index (χ0) is 8.97. The van der Waals surface area contributed by atoms with Crippen LogP contribution < -0.4 is 11.1 Å². The maximum atomic E-state index is 11.4. The Morgan fingerprint density at radius 3 is 2.67 bits per heavy atom. The van der Waals surface area contributed by atoms with Crippen LogP contribution in [0.5, 0.6) is 0 Å². The topological polar surface area (TPSA) is 58.4 Å². The van der Waals surface area contributed by atoms with Crippen LogP contribution in [0.2, 0.25) is 0 Å². The summed E-state index contributed by atoms with van der Waals surface area (Å²) in [5.74, 6) is 0. The van der Waals surface area contributed by atoms with Crippen molar-refractivity contribution < 1.29 is 4.79 Å². The number of hydrogen-bond donors (Lipinski definition) is 2. The number of rotatable bonds is 2. The molecule has 0 bridgehead atoms. The van der Waals surface area contributed by atoms with E-state index >= 15 is 0 Å². The summed E-state index contributed by atoms with van der Waals surface area (Å²) in [6.45, 7) is 4.19. The van der Waals surface area contributed by atoms with E-state index in [4.69, 9.17) is 5.73 Å². The molecular formula is C8H17N3O. The maximum Gasteiger partial charge on any atom is 0.317 e. The van der Waals surface area contributed by atoms with E-state index in [0.717, 1.165) is 25.9 Å². The number of likely N-dealkylation sites (tertiary alicyclic amines) is 1. The minimum Gasteiger partial charge on any atom is -0.334 e. The van der Waals surface area contributed by atoms with E-state index in [0.29, 0.717) is 6.54 Å². The summed E-state index contributed by atoms with van der Waals surface area (Å²) >= 11 is 0. The molecule has 0 aliphatic carbocycles. The molecule has 0 aromatic heterocycles. The van der Waals surface area contributed by atoms with Gasteiger partial charge in [0.1, 0.15) is 0 Å². The number of carbonyl (C=O) groups excluding carboxylic acids is 1. The van der Waals surface area contributed by atoms with E-state index < -0.39 is 0 Å². The Labute approximate surface area is 73.1 Å². The van der Waals surface area contributed by atoms with Crippen LogP contribution in [0.15, 0.2) is 0 Å². The molecule has 4 nitrogen and oxygen atoms in total. The lowest BCUT2D eigenvalue weighted by molar-refractivity contribution is 0.205. The van der Waals surface area contributed by atoms with Crippen molar-refractivity contribution in [2.24, 2.45) is 5.73 Å². The molecule has 1 rings (SSSR count). The van der Waals surface area contributed by atoms with Gasteiger partial charge in [-0.3, -0.25) is 0 Å². The lowest BCUT2D eigenvalue weighted by Gasteiger charge is -2.19. The van der Waals surface area contributed by atoms with Gasteiger partial charge in [0.05, 0.1) is 0 Å². The largest absolute Gasteiger partial charge is 0.334 e. The molecule has 0 radical (unpaired) electrons. The van der Waals surface area contributed by atoms with Crippen LogP contribution in [0.1, 0.15) is 19.8 Å². The normalized spacial score (nSPS) is 19.3. The van der Waals surface area contributed by atoms with Crippen molar-refractivity contribution in [3.63, 3.8) is 0 Å². The van der Waals surface area contributed by atoms with E-state index in [2.05, 4.69) is 5.32 Å². The van der Waals surface area contributed by atoms with Gasteiger partial charge in [-0.2, -0.15) is 0 Å². The predicted molar refractivity (Wildman–Crippen MR) is 47.9 cm³/mol. The summed E-state index contributed by atoms with van der Waals surface area (Å²) in [4.78, 5) is 13.2. The molecule has 3 N–H and O–H groups in total. The summed E-state index contributed by atoms with van der Waals surface area (Å²) in [6.07, 6.45) is 2.26. The second-order valence-corrected chi connectivity index (χ2v) is 3.28. The summed E-state index contributed by atoms with van der Waals surface area (Å²) in [6, 6.07) is 0.114. The van der Waals surface area contributed by atoms with Crippen LogP contribution in [0, 0.1) is 0 Å². The second-order valence-electron chi connectivity index (χ2n) is 3.28. The third-order valence-electron chi connectivity index (χ3n) is 2.12. The highest BCUT2D eigenvalue weighted by atomic mass is 16.2. The average molecular weight is 171 g/mol. The van der Waals surface area contributed by atoms with Gasteiger partial charge in [0.25, 0.3) is 0 Å². The molecule has 1 aliphatic rings. The van der Waals surface area contributed by atoms with E-state index in [1.165, 1.54) is 0 Å². The lowest BCUT2D eigenvalue weighted by atomic mass is 10.3. The van der Waals surface area contributed by atoms with Crippen LogP contribution in [0.3, 0.4) is 0 Å². The fraction of sp³-hybridized carbons (Fsp3) is 0.875. The molecule has 0 unspecified atom stereocenters. The smallest absolute Gasteiger partial charge is 0.317 e. The molecule has 0 aromatic rings. The molecule has 2 amide bonds. The van der Waals surface area contributed by atoms with Gasteiger partial charge in [-0.25, -0.2) is 4.79 Å². The Balaban J connectivity index is 2.27. The first-order valence-corrected chi connectivity index (χ1v) is 4.49. The van der Waals surface area contributed by atoms with Crippen molar-refractivity contribution in [3.8, 4) is 0 Å². The number of hydrogen-bond acceptors (Lipinski definition) is 2. The first kappa shape index (κ1) is 9.32. The van der Waals surface area contributed by atoms with E-state index in [1.807, 2.05) is 11.8 Å². The van der Waals surface area contributed by atoms with E-state index in [-0.39, 0.29) is 12.1 Å². The number of nitrogens with zero attached hydrogens (tertiary/aromatic N) is 1. The molecule has 0 spiro atoms. The van der Waals surface area contributed by atoms with Crippen molar-refractivity contribution in [1.29, 1.82) is 0 Å². The van der Waals surface area contributed by atoms with E-state index in [9.17, 15) is 4.79 Å². The van der Waals surface area contributed by atoms with Gasteiger partial charge >= 0.3 is 6.03 Å². The Hall–Kier alpha value is -0.770. The molecule has 1 aliphatic heterocycles. The van der Waals surface area contributed by atoms with Gasteiger partial charge in [-0.15, -0.1) is 0 Å². The Kier molecular flexibility index (Phi) is 3.34. The Morgan fingerprint density at radius 2 is 2.17 bits per heavy atom. The van der Waals surface area contributed by atoms with Crippen LogP contribution >= 0.6 is 0 Å². The van der Waals surface area contributed by atoms with Gasteiger partial charge in [0.15, 0.2) is 0 Å². The molecule has 1 saturated heterocycles. The standard InChI is InChI=1S/C8H17N3O/c1-7(6-9)10-8(12)11-4-2-3-5-11/h7H,2-6,9H2,1H3,(H,10,12)/t7-/m1/s1. The van der Waals surface area contributed by atoms with Crippen LogP contribution in [0.4, 0.5) is 4.79 Å². The molecule has 1 atom stereocenters. The number of nitrogens with two attached hydrogens (primary N) is 1. The number of amides is 2. The fourth-order valence-corrected chi connectivity index (χ4v) is 1.28. The van der Waals surface area contributed by atoms with Crippen molar-refractivity contribution >= 4 is 6.03 Å². The minimum atomic E-state index is 0.0328. The van der Waals surface area contributed by atoms with Gasteiger partial charge < -0.3 is 16.0 Å². The van der Waals surface area contributed by atoms with Crippen LogP contribution in [0.25, 0.3) is 0 Å². The molecule has 0 saturated carbocycles. The van der Waals surface area contributed by atoms with Gasteiger partial charge in [0, 0.05) is 25.7 Å². The molecule has 1 fully saturated rings. The van der Waals surface area contributed by atoms with Crippen LogP contribution in [-0.2, 0) is 0 Å². The first-order chi connectivity index (χ1) is 5.74. The molecule has 70 valence electrons. The lowest BCUT2D eigenvalue weighted by Crippen LogP contribution is -2.45. The summed E-state index contributed by atoms with van der Waals surface area (Å²) < 4.78 is 0. The second kappa shape index (κ2) is 4.30. The first-order valence-electron chi connectivity index (χ1n) is 4.49. The Bertz CT molecular complexity index is 154. The quantitative estimate of drug-likeness (QED) is 0.621. The highest BCUT2D eigenvalue weighted by Crippen LogP contribution is 2.06. The fourth-order valence-electron chi connectivity index (χ4n) is 1.28. The summed E-state index contributed by atoms with van der Waals surface area (Å²) in [5, 5.41) is 2.83. The summed E-state index contributed by atoms with van der Waals surface area (Å²) in [5.41, 5.74) is 5.39. The molecule has 1 heterocycles. The zero-order valence-electron chi connectivity index (χ0n) is 7.55. The van der Waals surface area contributed by atoms with Crippen LogP contribution in [-0.4, -0.2) is 36.6 Å². The van der Waals surface area contributed by atoms with Crippen molar-refractivity contribution in [1.82, 2.24) is 10.2 Å². The highest BCUT2D eigenvalue weighted by molar-refractivity contribution is 5.74. The SMILES string of the molecule is C[C@H](CN)NC(=O)N1CCCC1. The predicted octanol–water partition coefficient (Wildman–Crippen LogP) is 0.139. The molecule has 12 heavy (non-hydrogen) atoms. The monoisotopic (exact) mass is 171 g/mol. The number of carbonyl (C=O) groups is 1. The van der Waals surface area contributed by atoms with Gasteiger partial charge in [0.2, 0.25) is 0 Å². The molecule has 0 aromatic carbocycles. The molecular weight excluding hydrogens is 154 g/mol. The van der Waals surface area contributed by atoms with Gasteiger partial charge in [-0.1, -0.05) is 0 Å². The van der Waals surface area contributed by atoms with Crippen molar-refractivity contribution in [3.05, 3.63) is 0 Å². The molecule has 4 heteroatoms. The zero-order valence-corrected chi connectivity index (χ0v) is 7.55. The third-order valence-corrected chi connectivity index (χ3v) is 2.12. The summed E-state index contributed by atoms with van der Waals surface area (Å²) in [7, 11) is 0. The average Bonchev–Trinajstić information content (AvgIpc) is 2.56. The van der Waals surface area contributed by atoms with Gasteiger partial charge in [-0.05, 0) is 19.8 Å². The van der Waals surface area contributed by atoms with Crippen molar-refractivity contribution in [2.75, 3.05) is 19.6 Å². The van der Waals surface area contributed by atoms with E-state index in [1.54, 1.807) is 0 Å². The third kappa shape index (κ3) is 2.37. The maximum absolute atomic E-state index is 11.4. The minimum absolute atomic E-state index is 0.0328. The number of urea groups is 1. The highest BCUT2D eigenvalue weighted by Gasteiger charge is 2.18. The van der Waals surface area contributed by atoms with Crippen molar-refractivity contribution in [2.45, 2.75) is 25.8 Å². The Morgan fingerprint density at radius 1 is 1.58 bits per heavy atom. The number of nitrogens with one attached hydrogen (secondary N) is 1.